The number of thiazole rings is 1. The van der Waals surface area contributed by atoms with Crippen LogP contribution in [-0.4, -0.2) is 20.9 Å². The number of nitrogens with two attached hydrogens (primary N) is 1. The van der Waals surface area contributed by atoms with E-state index in [0.717, 1.165) is 10.7 Å². The number of hydrogen-bond donors (Lipinski definition) is 2. The number of carbonyl (C=O) groups excluding carboxylic acids is 1. The first-order valence-corrected chi connectivity index (χ1v) is 5.85. The van der Waals surface area contributed by atoms with Crippen LogP contribution in [0.1, 0.15) is 10.7 Å². The number of nitrogens with one attached hydrogen (secondary N) is 1. The van der Waals surface area contributed by atoms with Crippen molar-refractivity contribution < 1.29 is 4.79 Å². The summed E-state index contributed by atoms with van der Waals surface area (Å²) >= 11 is 1.46. The van der Waals surface area contributed by atoms with Gasteiger partial charge in [-0.1, -0.05) is 0 Å². The molecule has 6 nitrogen and oxygen atoms in total. The molecule has 7 heteroatoms. The number of anilines is 1. The number of amides is 1. The summed E-state index contributed by atoms with van der Waals surface area (Å²) in [5, 5.41) is 5.32. The van der Waals surface area contributed by atoms with E-state index in [2.05, 4.69) is 20.3 Å². The van der Waals surface area contributed by atoms with Crippen molar-refractivity contribution in [3.05, 3.63) is 34.7 Å². The van der Waals surface area contributed by atoms with Crippen molar-refractivity contribution in [1.29, 1.82) is 0 Å². The molecular formula is C10H11N5OS. The standard InChI is InChI=1S/C10H11N5OS/c11-4-10-14-7(5-17-10)3-9(16)15-8-1-2-12-6-13-8/h1-2,5-6H,3-4,11H2,(H,12,13,15,16). The molecule has 2 heterocycles. The Balaban J connectivity index is 1.93. The Labute approximate surface area is 102 Å². The lowest BCUT2D eigenvalue weighted by Gasteiger charge is -2.01. The fourth-order valence-electron chi connectivity index (χ4n) is 1.24. The molecule has 0 aliphatic carbocycles. The number of carbonyl (C=O) groups is 1. The smallest absolute Gasteiger partial charge is 0.231 e. The molecule has 0 bridgehead atoms. The summed E-state index contributed by atoms with van der Waals surface area (Å²) < 4.78 is 0. The van der Waals surface area contributed by atoms with E-state index in [1.165, 1.54) is 17.7 Å². The van der Waals surface area contributed by atoms with Crippen molar-refractivity contribution in [2.24, 2.45) is 5.73 Å². The third kappa shape index (κ3) is 3.30. The van der Waals surface area contributed by atoms with Crippen LogP contribution in [0.3, 0.4) is 0 Å². The molecule has 1 amide bonds. The summed E-state index contributed by atoms with van der Waals surface area (Å²) in [6, 6.07) is 1.63. The highest BCUT2D eigenvalue weighted by Crippen LogP contribution is 2.10. The van der Waals surface area contributed by atoms with Crippen LogP contribution < -0.4 is 11.1 Å². The molecule has 2 aromatic rings. The van der Waals surface area contributed by atoms with Crippen LogP contribution in [0.25, 0.3) is 0 Å². The summed E-state index contributed by atoms with van der Waals surface area (Å²) in [5.41, 5.74) is 6.17. The van der Waals surface area contributed by atoms with Gasteiger partial charge in [-0.2, -0.15) is 0 Å². The van der Waals surface area contributed by atoms with Gasteiger partial charge in [-0.3, -0.25) is 4.79 Å². The minimum Gasteiger partial charge on any atom is -0.325 e. The van der Waals surface area contributed by atoms with Gasteiger partial charge in [-0.25, -0.2) is 15.0 Å². The van der Waals surface area contributed by atoms with E-state index >= 15 is 0 Å². The molecule has 0 spiro atoms. The highest BCUT2D eigenvalue weighted by atomic mass is 32.1. The Kier molecular flexibility index (Phi) is 3.73. The first-order valence-electron chi connectivity index (χ1n) is 4.97. The van der Waals surface area contributed by atoms with Crippen molar-refractivity contribution in [1.82, 2.24) is 15.0 Å². The Hall–Kier alpha value is -1.86. The van der Waals surface area contributed by atoms with E-state index < -0.39 is 0 Å². The van der Waals surface area contributed by atoms with Gasteiger partial charge >= 0.3 is 0 Å². The maximum absolute atomic E-state index is 11.6. The molecule has 0 aliphatic rings. The van der Waals surface area contributed by atoms with Crippen molar-refractivity contribution >= 4 is 23.1 Å². The molecule has 17 heavy (non-hydrogen) atoms. The van der Waals surface area contributed by atoms with E-state index in [1.807, 2.05) is 5.38 Å². The summed E-state index contributed by atoms with van der Waals surface area (Å²) in [7, 11) is 0. The second kappa shape index (κ2) is 5.46. The Morgan fingerprint density at radius 1 is 1.53 bits per heavy atom. The predicted octanol–water partition coefficient (Wildman–Crippen LogP) is 0.573. The summed E-state index contributed by atoms with van der Waals surface area (Å²) in [6.45, 7) is 0.401. The van der Waals surface area contributed by atoms with Gasteiger partial charge in [0.05, 0.1) is 12.1 Å². The van der Waals surface area contributed by atoms with Crippen LogP contribution >= 0.6 is 11.3 Å². The average molecular weight is 249 g/mol. The predicted molar refractivity (Wildman–Crippen MR) is 64.4 cm³/mol. The third-order valence-corrected chi connectivity index (χ3v) is 2.89. The molecule has 0 unspecified atom stereocenters. The second-order valence-corrected chi connectivity index (χ2v) is 4.20. The number of hydrogen-bond acceptors (Lipinski definition) is 6. The van der Waals surface area contributed by atoms with Crippen molar-refractivity contribution in [2.75, 3.05) is 5.32 Å². The van der Waals surface area contributed by atoms with Crippen LogP contribution in [0.2, 0.25) is 0 Å². The number of rotatable bonds is 4. The van der Waals surface area contributed by atoms with Gasteiger partial charge in [0.25, 0.3) is 0 Å². The van der Waals surface area contributed by atoms with E-state index in [4.69, 9.17) is 5.73 Å². The lowest BCUT2D eigenvalue weighted by Crippen LogP contribution is -2.15. The van der Waals surface area contributed by atoms with Gasteiger partial charge in [0.2, 0.25) is 5.91 Å². The number of nitrogens with zero attached hydrogens (tertiary/aromatic N) is 3. The fourth-order valence-corrected chi connectivity index (χ4v) is 1.91. The summed E-state index contributed by atoms with van der Waals surface area (Å²) in [4.78, 5) is 23.5. The lowest BCUT2D eigenvalue weighted by molar-refractivity contribution is -0.115. The summed E-state index contributed by atoms with van der Waals surface area (Å²) in [6.07, 6.45) is 3.17. The maximum atomic E-state index is 11.6. The Morgan fingerprint density at radius 3 is 3.06 bits per heavy atom. The molecule has 2 rings (SSSR count). The molecule has 0 atom stereocenters. The van der Waals surface area contributed by atoms with E-state index in [1.54, 1.807) is 12.3 Å². The maximum Gasteiger partial charge on any atom is 0.231 e. The first-order chi connectivity index (χ1) is 8.28. The molecule has 2 aromatic heterocycles. The van der Waals surface area contributed by atoms with Crippen LogP contribution in [0.5, 0.6) is 0 Å². The molecule has 0 fully saturated rings. The highest BCUT2D eigenvalue weighted by Gasteiger charge is 2.07. The van der Waals surface area contributed by atoms with E-state index in [9.17, 15) is 4.79 Å². The van der Waals surface area contributed by atoms with Crippen LogP contribution in [0, 0.1) is 0 Å². The summed E-state index contributed by atoms with van der Waals surface area (Å²) in [5.74, 6) is 0.330. The van der Waals surface area contributed by atoms with Gasteiger partial charge < -0.3 is 11.1 Å². The normalized spacial score (nSPS) is 10.2. The molecular weight excluding hydrogens is 238 g/mol. The molecule has 0 saturated heterocycles. The van der Waals surface area contributed by atoms with E-state index in [0.29, 0.717) is 12.4 Å². The molecule has 0 saturated carbocycles. The topological polar surface area (TPSA) is 93.8 Å². The highest BCUT2D eigenvalue weighted by molar-refractivity contribution is 7.09. The quantitative estimate of drug-likeness (QED) is 0.826. The Bertz CT molecular complexity index is 498. The van der Waals surface area contributed by atoms with Crippen LogP contribution in [-0.2, 0) is 17.8 Å². The third-order valence-electron chi connectivity index (χ3n) is 1.97. The molecule has 3 N–H and O–H groups in total. The fraction of sp³-hybridized carbons (Fsp3) is 0.200. The Morgan fingerprint density at radius 2 is 2.41 bits per heavy atom. The first kappa shape index (κ1) is 11.6. The van der Waals surface area contributed by atoms with Crippen molar-refractivity contribution in [2.45, 2.75) is 13.0 Å². The SMILES string of the molecule is NCc1nc(CC(=O)Nc2ccncn2)cs1. The largest absolute Gasteiger partial charge is 0.325 e. The molecule has 0 radical (unpaired) electrons. The zero-order valence-electron chi connectivity index (χ0n) is 8.96. The molecule has 0 aromatic carbocycles. The van der Waals surface area contributed by atoms with Crippen LogP contribution in [0.4, 0.5) is 5.82 Å². The average Bonchev–Trinajstić information content (AvgIpc) is 2.78. The van der Waals surface area contributed by atoms with Gasteiger partial charge in [-0.15, -0.1) is 11.3 Å². The van der Waals surface area contributed by atoms with Crippen LogP contribution in [0.15, 0.2) is 24.0 Å². The van der Waals surface area contributed by atoms with Gasteiger partial charge in [0, 0.05) is 18.1 Å². The van der Waals surface area contributed by atoms with Crippen molar-refractivity contribution in [3.63, 3.8) is 0 Å². The van der Waals surface area contributed by atoms with Gasteiger partial charge in [0.15, 0.2) is 0 Å². The molecule has 88 valence electrons. The van der Waals surface area contributed by atoms with E-state index in [-0.39, 0.29) is 12.3 Å². The zero-order valence-corrected chi connectivity index (χ0v) is 9.78. The number of aromatic nitrogens is 3. The van der Waals surface area contributed by atoms with Gasteiger partial charge in [-0.05, 0) is 6.07 Å². The van der Waals surface area contributed by atoms with Crippen molar-refractivity contribution in [3.8, 4) is 0 Å². The second-order valence-electron chi connectivity index (χ2n) is 3.26. The zero-order chi connectivity index (χ0) is 12.1. The monoisotopic (exact) mass is 249 g/mol. The molecule has 0 aliphatic heterocycles. The lowest BCUT2D eigenvalue weighted by atomic mass is 10.3. The van der Waals surface area contributed by atoms with Gasteiger partial charge in [0.1, 0.15) is 17.2 Å². The minimum atomic E-state index is -0.155. The minimum absolute atomic E-state index is 0.155.